The van der Waals surface area contributed by atoms with Gasteiger partial charge in [0.25, 0.3) is 5.91 Å². The number of nitrogens with zero attached hydrogens (tertiary/aromatic N) is 1. The molecular formula is C13H17NO4. The minimum Gasteiger partial charge on any atom is -0.475 e. The van der Waals surface area contributed by atoms with Crippen LogP contribution in [0.4, 0.5) is 0 Å². The zero-order valence-electron chi connectivity index (χ0n) is 10.2. The fraction of sp³-hybridized carbons (Fsp3) is 0.538. The normalized spacial score (nSPS) is 17.0. The van der Waals surface area contributed by atoms with Gasteiger partial charge in [0.15, 0.2) is 5.76 Å². The Hall–Kier alpha value is -1.78. The standard InChI is InChI=1S/C13H17NO4/c15-12(10-6-7-11(18-10)13(16)17)14-8-4-2-1-3-5-9-14/h6-7H,1-5,8-9H2,(H,16,17). The van der Waals surface area contributed by atoms with Crippen molar-refractivity contribution in [3.63, 3.8) is 0 Å². The molecule has 98 valence electrons. The van der Waals surface area contributed by atoms with E-state index in [4.69, 9.17) is 9.52 Å². The van der Waals surface area contributed by atoms with E-state index in [2.05, 4.69) is 0 Å². The summed E-state index contributed by atoms with van der Waals surface area (Å²) in [5.41, 5.74) is 0. The van der Waals surface area contributed by atoms with E-state index in [0.29, 0.717) is 0 Å². The molecule has 1 aliphatic rings. The van der Waals surface area contributed by atoms with Gasteiger partial charge in [-0.2, -0.15) is 0 Å². The maximum Gasteiger partial charge on any atom is 0.371 e. The smallest absolute Gasteiger partial charge is 0.371 e. The summed E-state index contributed by atoms with van der Waals surface area (Å²) in [5.74, 6) is -1.43. The number of likely N-dealkylation sites (tertiary alicyclic amines) is 1. The maximum absolute atomic E-state index is 12.1. The van der Waals surface area contributed by atoms with Crippen LogP contribution in [0.5, 0.6) is 0 Å². The molecule has 18 heavy (non-hydrogen) atoms. The van der Waals surface area contributed by atoms with Crippen molar-refractivity contribution in [3.8, 4) is 0 Å². The van der Waals surface area contributed by atoms with Crippen molar-refractivity contribution in [1.29, 1.82) is 0 Å². The van der Waals surface area contributed by atoms with E-state index in [1.165, 1.54) is 18.6 Å². The molecule has 0 bridgehead atoms. The SMILES string of the molecule is O=C(O)c1ccc(C(=O)N2CCCCCCC2)o1. The average molecular weight is 251 g/mol. The molecule has 1 N–H and O–H groups in total. The highest BCUT2D eigenvalue weighted by molar-refractivity contribution is 5.93. The monoisotopic (exact) mass is 251 g/mol. The summed E-state index contributed by atoms with van der Waals surface area (Å²) in [6, 6.07) is 2.75. The molecule has 0 radical (unpaired) electrons. The van der Waals surface area contributed by atoms with Gasteiger partial charge in [0, 0.05) is 13.1 Å². The Morgan fingerprint density at radius 2 is 1.56 bits per heavy atom. The van der Waals surface area contributed by atoms with Crippen LogP contribution in [0.25, 0.3) is 0 Å². The molecule has 0 aromatic carbocycles. The summed E-state index contributed by atoms with van der Waals surface area (Å²) >= 11 is 0. The van der Waals surface area contributed by atoms with Gasteiger partial charge in [0.05, 0.1) is 0 Å². The summed E-state index contributed by atoms with van der Waals surface area (Å²) in [5, 5.41) is 8.75. The van der Waals surface area contributed by atoms with Crippen molar-refractivity contribution in [3.05, 3.63) is 23.7 Å². The molecule has 1 aromatic heterocycles. The average Bonchev–Trinajstić information content (AvgIpc) is 2.77. The van der Waals surface area contributed by atoms with Gasteiger partial charge >= 0.3 is 5.97 Å². The number of amides is 1. The summed E-state index contributed by atoms with van der Waals surface area (Å²) in [6.07, 6.45) is 5.51. The predicted octanol–water partition coefficient (Wildman–Crippen LogP) is 2.38. The summed E-state index contributed by atoms with van der Waals surface area (Å²) in [4.78, 5) is 24.6. The first-order chi connectivity index (χ1) is 8.68. The van der Waals surface area contributed by atoms with Crippen molar-refractivity contribution in [1.82, 2.24) is 4.90 Å². The number of hydrogen-bond donors (Lipinski definition) is 1. The van der Waals surface area contributed by atoms with Gasteiger partial charge in [0.2, 0.25) is 5.76 Å². The van der Waals surface area contributed by atoms with Gasteiger partial charge < -0.3 is 14.4 Å². The summed E-state index contributed by atoms with van der Waals surface area (Å²) < 4.78 is 5.04. The van der Waals surface area contributed by atoms with E-state index in [0.717, 1.165) is 38.8 Å². The lowest BCUT2D eigenvalue weighted by atomic mass is 10.1. The highest BCUT2D eigenvalue weighted by Crippen LogP contribution is 2.15. The van der Waals surface area contributed by atoms with E-state index in [1.54, 1.807) is 4.90 Å². The third-order valence-electron chi connectivity index (χ3n) is 3.17. The van der Waals surface area contributed by atoms with Gasteiger partial charge in [-0.1, -0.05) is 19.3 Å². The van der Waals surface area contributed by atoms with Crippen LogP contribution in [0.1, 0.15) is 53.2 Å². The molecule has 0 unspecified atom stereocenters. The van der Waals surface area contributed by atoms with E-state index in [9.17, 15) is 9.59 Å². The molecule has 5 nitrogen and oxygen atoms in total. The van der Waals surface area contributed by atoms with E-state index in [-0.39, 0.29) is 17.4 Å². The molecule has 0 saturated carbocycles. The lowest BCUT2D eigenvalue weighted by molar-refractivity contribution is 0.0647. The fourth-order valence-electron chi connectivity index (χ4n) is 2.17. The molecule has 1 fully saturated rings. The van der Waals surface area contributed by atoms with Crippen LogP contribution in [-0.4, -0.2) is 35.0 Å². The third-order valence-corrected chi connectivity index (χ3v) is 3.17. The molecule has 2 rings (SSSR count). The second-order valence-corrected chi connectivity index (χ2v) is 4.53. The first-order valence-corrected chi connectivity index (χ1v) is 6.31. The number of carbonyl (C=O) groups is 2. The Bertz CT molecular complexity index is 430. The molecule has 0 spiro atoms. The number of hydrogen-bond acceptors (Lipinski definition) is 3. The minimum absolute atomic E-state index is 0.118. The van der Waals surface area contributed by atoms with Crippen LogP contribution in [-0.2, 0) is 0 Å². The molecule has 1 amide bonds. The topological polar surface area (TPSA) is 70.8 Å². The van der Waals surface area contributed by atoms with Crippen LogP contribution < -0.4 is 0 Å². The summed E-state index contributed by atoms with van der Waals surface area (Å²) in [6.45, 7) is 1.45. The maximum atomic E-state index is 12.1. The van der Waals surface area contributed by atoms with Gasteiger partial charge in [-0.05, 0) is 25.0 Å². The van der Waals surface area contributed by atoms with Crippen LogP contribution >= 0.6 is 0 Å². The lowest BCUT2D eigenvalue weighted by Crippen LogP contribution is -2.33. The number of aromatic carboxylic acids is 1. The van der Waals surface area contributed by atoms with Crippen molar-refractivity contribution >= 4 is 11.9 Å². The Morgan fingerprint density at radius 1 is 1.00 bits per heavy atom. The van der Waals surface area contributed by atoms with Gasteiger partial charge in [-0.15, -0.1) is 0 Å². The minimum atomic E-state index is -1.15. The number of carboxylic acids is 1. The van der Waals surface area contributed by atoms with Crippen LogP contribution in [0.3, 0.4) is 0 Å². The van der Waals surface area contributed by atoms with Gasteiger partial charge in [-0.3, -0.25) is 4.79 Å². The zero-order valence-corrected chi connectivity index (χ0v) is 10.2. The molecule has 1 aliphatic heterocycles. The second kappa shape index (κ2) is 5.71. The highest BCUT2D eigenvalue weighted by Gasteiger charge is 2.21. The Morgan fingerprint density at radius 3 is 2.11 bits per heavy atom. The van der Waals surface area contributed by atoms with E-state index >= 15 is 0 Å². The Labute approximate surface area is 105 Å². The number of carboxylic acid groups (broad SMARTS) is 1. The first kappa shape index (κ1) is 12.7. The number of rotatable bonds is 2. The van der Waals surface area contributed by atoms with Crippen molar-refractivity contribution in [2.75, 3.05) is 13.1 Å². The third kappa shape index (κ3) is 2.91. The molecule has 2 heterocycles. The molecular weight excluding hydrogens is 234 g/mol. The zero-order chi connectivity index (χ0) is 13.0. The Balaban J connectivity index is 2.05. The first-order valence-electron chi connectivity index (χ1n) is 6.31. The van der Waals surface area contributed by atoms with Gasteiger partial charge in [0.1, 0.15) is 0 Å². The van der Waals surface area contributed by atoms with Crippen molar-refractivity contribution < 1.29 is 19.1 Å². The van der Waals surface area contributed by atoms with Crippen LogP contribution in [0.15, 0.2) is 16.5 Å². The highest BCUT2D eigenvalue weighted by atomic mass is 16.4. The Kier molecular flexibility index (Phi) is 4.02. The molecule has 1 saturated heterocycles. The lowest BCUT2D eigenvalue weighted by Gasteiger charge is -2.23. The predicted molar refractivity (Wildman–Crippen MR) is 64.7 cm³/mol. The van der Waals surface area contributed by atoms with Gasteiger partial charge in [-0.25, -0.2) is 4.79 Å². The van der Waals surface area contributed by atoms with Crippen molar-refractivity contribution in [2.24, 2.45) is 0 Å². The largest absolute Gasteiger partial charge is 0.475 e. The summed E-state index contributed by atoms with van der Waals surface area (Å²) in [7, 11) is 0. The van der Waals surface area contributed by atoms with E-state index < -0.39 is 5.97 Å². The van der Waals surface area contributed by atoms with Crippen LogP contribution in [0, 0.1) is 0 Å². The number of carbonyl (C=O) groups excluding carboxylic acids is 1. The van der Waals surface area contributed by atoms with E-state index in [1.807, 2.05) is 0 Å². The van der Waals surface area contributed by atoms with Crippen LogP contribution in [0.2, 0.25) is 0 Å². The molecule has 1 aromatic rings. The molecule has 5 heteroatoms. The quantitative estimate of drug-likeness (QED) is 0.876. The fourth-order valence-corrected chi connectivity index (χ4v) is 2.17. The number of furan rings is 1. The molecule has 0 aliphatic carbocycles. The van der Waals surface area contributed by atoms with Crippen molar-refractivity contribution in [2.45, 2.75) is 32.1 Å². The second-order valence-electron chi connectivity index (χ2n) is 4.53. The molecule has 0 atom stereocenters.